The zero-order chi connectivity index (χ0) is 12.4. The largest absolute Gasteiger partial charge is 0.385 e. The fourth-order valence-electron chi connectivity index (χ4n) is 1.65. The zero-order valence-corrected chi connectivity index (χ0v) is 11.6. The van der Waals surface area contributed by atoms with Crippen LogP contribution in [0, 0.1) is 0 Å². The molecule has 0 aliphatic carbocycles. The summed E-state index contributed by atoms with van der Waals surface area (Å²) in [5.41, 5.74) is 1.06. The monoisotopic (exact) mass is 314 g/mol. The first-order valence-electron chi connectivity index (χ1n) is 5.17. The maximum Gasteiger partial charge on any atom is 0.138 e. The van der Waals surface area contributed by atoms with Crippen molar-refractivity contribution < 1.29 is 5.11 Å². The Morgan fingerprint density at radius 3 is 2.59 bits per heavy atom. The summed E-state index contributed by atoms with van der Waals surface area (Å²) in [5.74, 6) is 0.581. The van der Waals surface area contributed by atoms with Crippen molar-refractivity contribution in [3.63, 3.8) is 0 Å². The molecule has 1 heterocycles. The number of halogens is 2. The van der Waals surface area contributed by atoms with Crippen LogP contribution in [0.5, 0.6) is 0 Å². The lowest BCUT2D eigenvalue weighted by Crippen LogP contribution is -2.08. The minimum Gasteiger partial charge on any atom is -0.385 e. The predicted octanol–water partition coefficient (Wildman–Crippen LogP) is 3.11. The average Bonchev–Trinajstić information content (AvgIpc) is 2.63. The molecular weight excluding hydrogens is 304 g/mol. The molecule has 17 heavy (non-hydrogen) atoms. The first kappa shape index (κ1) is 12.6. The lowest BCUT2D eigenvalue weighted by Gasteiger charge is -2.11. The summed E-state index contributed by atoms with van der Waals surface area (Å²) in [7, 11) is 1.79. The van der Waals surface area contributed by atoms with E-state index in [1.54, 1.807) is 17.8 Å². The third-order valence-corrected chi connectivity index (χ3v) is 3.49. The summed E-state index contributed by atoms with van der Waals surface area (Å²) in [6.07, 6.45) is 1.42. The summed E-state index contributed by atoms with van der Waals surface area (Å²) >= 11 is 9.26. The number of rotatable bonds is 3. The first-order chi connectivity index (χ1) is 8.08. The Hall–Kier alpha value is -0.840. The highest BCUT2D eigenvalue weighted by Crippen LogP contribution is 2.20. The fourth-order valence-corrected chi connectivity index (χ4v) is 2.05. The van der Waals surface area contributed by atoms with Crippen LogP contribution < -0.4 is 0 Å². The standard InChI is InChI=1S/C12H12BrClN2O/c1-16-11(14)7-15-12(16)10(17)6-8-2-4-9(13)5-3-8/h2-5,7,10,17H,6H2,1H3. The van der Waals surface area contributed by atoms with Gasteiger partial charge in [0, 0.05) is 17.9 Å². The van der Waals surface area contributed by atoms with Gasteiger partial charge < -0.3 is 9.67 Å². The van der Waals surface area contributed by atoms with Crippen LogP contribution >= 0.6 is 27.5 Å². The first-order valence-corrected chi connectivity index (χ1v) is 6.34. The van der Waals surface area contributed by atoms with Crippen LogP contribution in [0.4, 0.5) is 0 Å². The van der Waals surface area contributed by atoms with Crippen LogP contribution in [0.3, 0.4) is 0 Å². The van der Waals surface area contributed by atoms with E-state index in [1.807, 2.05) is 24.3 Å². The van der Waals surface area contributed by atoms with E-state index < -0.39 is 6.10 Å². The van der Waals surface area contributed by atoms with Gasteiger partial charge in [0.15, 0.2) is 0 Å². The van der Waals surface area contributed by atoms with Crippen molar-refractivity contribution in [1.82, 2.24) is 9.55 Å². The maximum absolute atomic E-state index is 10.1. The lowest BCUT2D eigenvalue weighted by atomic mass is 10.1. The Morgan fingerprint density at radius 2 is 2.06 bits per heavy atom. The molecule has 0 amide bonds. The molecule has 0 spiro atoms. The van der Waals surface area contributed by atoms with E-state index in [9.17, 15) is 5.11 Å². The van der Waals surface area contributed by atoms with Gasteiger partial charge in [-0.3, -0.25) is 0 Å². The van der Waals surface area contributed by atoms with Crippen molar-refractivity contribution in [2.45, 2.75) is 12.5 Å². The molecule has 0 fully saturated rings. The van der Waals surface area contributed by atoms with E-state index >= 15 is 0 Å². The van der Waals surface area contributed by atoms with Crippen LogP contribution in [-0.4, -0.2) is 14.7 Å². The second kappa shape index (κ2) is 5.21. The van der Waals surface area contributed by atoms with Gasteiger partial charge in [-0.2, -0.15) is 0 Å². The van der Waals surface area contributed by atoms with E-state index in [0.29, 0.717) is 17.4 Å². The highest BCUT2D eigenvalue weighted by molar-refractivity contribution is 9.10. The van der Waals surface area contributed by atoms with Gasteiger partial charge in [-0.1, -0.05) is 39.7 Å². The van der Waals surface area contributed by atoms with E-state index in [4.69, 9.17) is 11.6 Å². The number of benzene rings is 1. The zero-order valence-electron chi connectivity index (χ0n) is 9.27. The average molecular weight is 316 g/mol. The van der Waals surface area contributed by atoms with Gasteiger partial charge in [-0.25, -0.2) is 4.98 Å². The van der Waals surface area contributed by atoms with Gasteiger partial charge in [0.25, 0.3) is 0 Å². The number of aromatic nitrogens is 2. The lowest BCUT2D eigenvalue weighted by molar-refractivity contribution is 0.165. The SMILES string of the molecule is Cn1c(Cl)cnc1C(O)Cc1ccc(Br)cc1. The molecule has 0 radical (unpaired) electrons. The molecule has 0 saturated carbocycles. The Morgan fingerprint density at radius 1 is 1.41 bits per heavy atom. The number of imidazole rings is 1. The normalized spacial score (nSPS) is 12.7. The summed E-state index contributed by atoms with van der Waals surface area (Å²) in [5, 5.41) is 10.6. The minimum absolute atomic E-state index is 0.522. The third kappa shape index (κ3) is 2.89. The molecule has 0 bridgehead atoms. The van der Waals surface area contributed by atoms with Gasteiger partial charge in [0.2, 0.25) is 0 Å². The van der Waals surface area contributed by atoms with Crippen LogP contribution in [0.15, 0.2) is 34.9 Å². The van der Waals surface area contributed by atoms with E-state index in [1.165, 1.54) is 0 Å². The molecule has 1 aromatic carbocycles. The highest BCUT2D eigenvalue weighted by Gasteiger charge is 2.15. The van der Waals surface area contributed by atoms with E-state index in [2.05, 4.69) is 20.9 Å². The van der Waals surface area contributed by atoms with Gasteiger partial charge >= 0.3 is 0 Å². The molecule has 2 aromatic rings. The quantitative estimate of drug-likeness (QED) is 0.945. The molecule has 1 aromatic heterocycles. The Bertz CT molecular complexity index is 510. The van der Waals surface area contributed by atoms with Crippen LogP contribution in [-0.2, 0) is 13.5 Å². The molecular formula is C12H12BrClN2O. The molecule has 5 heteroatoms. The van der Waals surface area contributed by atoms with Crippen molar-refractivity contribution in [3.05, 3.63) is 51.5 Å². The topological polar surface area (TPSA) is 38.0 Å². The van der Waals surface area contributed by atoms with Crippen LogP contribution in [0.25, 0.3) is 0 Å². The number of nitrogens with zero attached hydrogens (tertiary/aromatic N) is 2. The molecule has 0 saturated heterocycles. The van der Waals surface area contributed by atoms with Crippen molar-refractivity contribution in [3.8, 4) is 0 Å². The molecule has 1 atom stereocenters. The van der Waals surface area contributed by atoms with Gasteiger partial charge in [0.05, 0.1) is 6.20 Å². The third-order valence-electron chi connectivity index (χ3n) is 2.61. The summed E-state index contributed by atoms with van der Waals surface area (Å²) < 4.78 is 2.71. The summed E-state index contributed by atoms with van der Waals surface area (Å²) in [4.78, 5) is 4.10. The van der Waals surface area contributed by atoms with Crippen molar-refractivity contribution >= 4 is 27.5 Å². The molecule has 90 valence electrons. The number of hydrogen-bond donors (Lipinski definition) is 1. The van der Waals surface area contributed by atoms with Crippen molar-refractivity contribution in [1.29, 1.82) is 0 Å². The van der Waals surface area contributed by atoms with Crippen LogP contribution in [0.1, 0.15) is 17.5 Å². The molecule has 0 aliphatic rings. The van der Waals surface area contributed by atoms with Gasteiger partial charge in [0.1, 0.15) is 17.1 Å². The summed E-state index contributed by atoms with van der Waals surface area (Å²) in [6, 6.07) is 7.84. The fraction of sp³-hybridized carbons (Fsp3) is 0.250. The minimum atomic E-state index is -0.645. The highest BCUT2D eigenvalue weighted by atomic mass is 79.9. The number of hydrogen-bond acceptors (Lipinski definition) is 2. The van der Waals surface area contributed by atoms with E-state index in [0.717, 1.165) is 10.0 Å². The van der Waals surface area contributed by atoms with Crippen LogP contribution in [0.2, 0.25) is 5.15 Å². The van der Waals surface area contributed by atoms with Crippen molar-refractivity contribution in [2.24, 2.45) is 7.05 Å². The van der Waals surface area contributed by atoms with Gasteiger partial charge in [-0.15, -0.1) is 0 Å². The number of aliphatic hydroxyl groups excluding tert-OH is 1. The summed E-state index contributed by atoms with van der Waals surface area (Å²) in [6.45, 7) is 0. The Labute approximate surface area is 113 Å². The smallest absolute Gasteiger partial charge is 0.138 e. The molecule has 1 unspecified atom stereocenters. The molecule has 0 aliphatic heterocycles. The van der Waals surface area contributed by atoms with Gasteiger partial charge in [-0.05, 0) is 17.7 Å². The maximum atomic E-state index is 10.1. The Balaban J connectivity index is 2.14. The second-order valence-electron chi connectivity index (χ2n) is 3.84. The number of aliphatic hydroxyl groups is 1. The Kier molecular flexibility index (Phi) is 3.86. The predicted molar refractivity (Wildman–Crippen MR) is 71.0 cm³/mol. The second-order valence-corrected chi connectivity index (χ2v) is 5.15. The molecule has 3 nitrogen and oxygen atoms in total. The van der Waals surface area contributed by atoms with E-state index in [-0.39, 0.29) is 0 Å². The molecule has 2 rings (SSSR count). The van der Waals surface area contributed by atoms with Crippen molar-refractivity contribution in [2.75, 3.05) is 0 Å². The molecule has 1 N–H and O–H groups in total.